The average molecular weight is 410 g/mol. The molecule has 26 heavy (non-hydrogen) atoms. The van der Waals surface area contributed by atoms with Crippen molar-refractivity contribution in [2.75, 3.05) is 36.0 Å². The molecule has 8 heteroatoms. The highest BCUT2D eigenvalue weighted by atomic mass is 35.5. The number of fused-ring (bicyclic) bond motifs is 3. The maximum atomic E-state index is 4.67. The fourth-order valence-electron chi connectivity index (χ4n) is 3.84. The summed E-state index contributed by atoms with van der Waals surface area (Å²) in [5.41, 5.74) is 1.51. The lowest BCUT2D eigenvalue weighted by molar-refractivity contribution is 0.643. The molecule has 0 amide bonds. The Morgan fingerprint density at radius 3 is 2.46 bits per heavy atom. The van der Waals surface area contributed by atoms with Crippen LogP contribution in [0.5, 0.6) is 0 Å². The molecule has 1 aliphatic carbocycles. The van der Waals surface area contributed by atoms with E-state index in [2.05, 4.69) is 36.9 Å². The number of pyridine rings is 1. The van der Waals surface area contributed by atoms with E-state index in [9.17, 15) is 0 Å². The zero-order valence-electron chi connectivity index (χ0n) is 14.3. The maximum Gasteiger partial charge on any atom is 0.141 e. The number of anilines is 2. The number of rotatable bonds is 2. The average Bonchev–Trinajstić information content (AvgIpc) is 3.23. The quantitative estimate of drug-likeness (QED) is 0.644. The van der Waals surface area contributed by atoms with Gasteiger partial charge in [-0.25, -0.2) is 15.0 Å². The summed E-state index contributed by atoms with van der Waals surface area (Å²) in [6, 6.07) is 6.11. The highest BCUT2D eigenvalue weighted by Crippen LogP contribution is 2.40. The van der Waals surface area contributed by atoms with Gasteiger partial charge in [0.05, 0.1) is 5.39 Å². The van der Waals surface area contributed by atoms with Crippen LogP contribution in [0.15, 0.2) is 30.7 Å². The minimum Gasteiger partial charge on any atom is -0.353 e. The van der Waals surface area contributed by atoms with Gasteiger partial charge in [0.25, 0.3) is 0 Å². The molecule has 0 saturated carbocycles. The molecule has 0 radical (unpaired) electrons. The van der Waals surface area contributed by atoms with Gasteiger partial charge in [-0.1, -0.05) is 6.07 Å². The van der Waals surface area contributed by atoms with E-state index in [1.165, 1.54) is 35.1 Å². The zero-order valence-corrected chi connectivity index (χ0v) is 16.7. The minimum atomic E-state index is 0. The predicted octanol–water partition coefficient (Wildman–Crippen LogP) is 3.75. The van der Waals surface area contributed by atoms with Crippen molar-refractivity contribution in [2.24, 2.45) is 0 Å². The molecule has 3 aromatic rings. The van der Waals surface area contributed by atoms with E-state index in [0.717, 1.165) is 42.6 Å². The molecule has 0 N–H and O–H groups in total. The smallest absolute Gasteiger partial charge is 0.141 e. The van der Waals surface area contributed by atoms with Crippen molar-refractivity contribution in [1.82, 2.24) is 15.0 Å². The molecule has 2 aliphatic rings. The summed E-state index contributed by atoms with van der Waals surface area (Å²) in [7, 11) is 0. The van der Waals surface area contributed by atoms with Crippen LogP contribution in [-0.2, 0) is 12.8 Å². The van der Waals surface area contributed by atoms with Crippen molar-refractivity contribution in [3.63, 3.8) is 0 Å². The summed E-state index contributed by atoms with van der Waals surface area (Å²) >= 11 is 1.86. The lowest BCUT2D eigenvalue weighted by atomic mass is 10.1. The van der Waals surface area contributed by atoms with E-state index in [-0.39, 0.29) is 24.8 Å². The van der Waals surface area contributed by atoms with E-state index in [1.807, 2.05) is 23.6 Å². The van der Waals surface area contributed by atoms with Crippen molar-refractivity contribution in [3.8, 4) is 0 Å². The van der Waals surface area contributed by atoms with Gasteiger partial charge in [-0.2, -0.15) is 0 Å². The van der Waals surface area contributed by atoms with Crippen LogP contribution in [0.2, 0.25) is 0 Å². The van der Waals surface area contributed by atoms with Crippen LogP contribution in [0, 0.1) is 0 Å². The van der Waals surface area contributed by atoms with Crippen molar-refractivity contribution in [3.05, 3.63) is 41.2 Å². The van der Waals surface area contributed by atoms with Gasteiger partial charge in [0.15, 0.2) is 0 Å². The summed E-state index contributed by atoms with van der Waals surface area (Å²) in [5, 5.41) is 1.32. The minimum absolute atomic E-state index is 0. The van der Waals surface area contributed by atoms with Crippen LogP contribution in [0.25, 0.3) is 10.2 Å². The third kappa shape index (κ3) is 3.21. The summed E-state index contributed by atoms with van der Waals surface area (Å²) in [6.45, 7) is 3.92. The Bertz CT molecular complexity index is 878. The molecule has 5 nitrogen and oxygen atoms in total. The van der Waals surface area contributed by atoms with Crippen LogP contribution < -0.4 is 9.80 Å². The molecule has 0 atom stereocenters. The summed E-state index contributed by atoms with van der Waals surface area (Å²) in [5.74, 6) is 2.21. The van der Waals surface area contributed by atoms with Gasteiger partial charge >= 0.3 is 0 Å². The summed E-state index contributed by atoms with van der Waals surface area (Å²) in [6.07, 6.45) is 7.27. The van der Waals surface area contributed by atoms with Gasteiger partial charge in [0.2, 0.25) is 0 Å². The van der Waals surface area contributed by atoms with E-state index in [4.69, 9.17) is 0 Å². The number of aryl methyl sites for hydroxylation is 2. The van der Waals surface area contributed by atoms with E-state index in [0.29, 0.717) is 0 Å². The predicted molar refractivity (Wildman–Crippen MR) is 113 cm³/mol. The third-order valence-electron chi connectivity index (χ3n) is 5.03. The first-order valence-electron chi connectivity index (χ1n) is 8.56. The Kier molecular flexibility index (Phi) is 5.85. The van der Waals surface area contributed by atoms with Gasteiger partial charge in [0.1, 0.15) is 22.8 Å². The number of nitrogens with zero attached hydrogens (tertiary/aromatic N) is 5. The van der Waals surface area contributed by atoms with Gasteiger partial charge in [-0.05, 0) is 37.0 Å². The van der Waals surface area contributed by atoms with Crippen molar-refractivity contribution >= 4 is 58.0 Å². The molecule has 0 spiro atoms. The molecule has 0 unspecified atom stereocenters. The topological polar surface area (TPSA) is 45.2 Å². The van der Waals surface area contributed by atoms with Gasteiger partial charge in [-0.15, -0.1) is 36.2 Å². The van der Waals surface area contributed by atoms with E-state index in [1.54, 1.807) is 6.33 Å². The second kappa shape index (κ2) is 7.94. The SMILES string of the molecule is Cl.Cl.c1ccc(N2CCN(c3ncnc4sc5c(c34)CCC5)CC2)nc1. The van der Waals surface area contributed by atoms with Gasteiger partial charge in [-0.3, -0.25) is 0 Å². The molecule has 138 valence electrons. The molecule has 3 aromatic heterocycles. The number of thiophene rings is 1. The van der Waals surface area contributed by atoms with Crippen LogP contribution in [0.1, 0.15) is 16.9 Å². The van der Waals surface area contributed by atoms with E-state index < -0.39 is 0 Å². The molecule has 1 aliphatic heterocycles. The monoisotopic (exact) mass is 409 g/mol. The Balaban J connectivity index is 0.000000980. The molecule has 5 rings (SSSR count). The number of aromatic nitrogens is 3. The molecule has 0 aromatic carbocycles. The Hall–Kier alpha value is -1.63. The van der Waals surface area contributed by atoms with Crippen molar-refractivity contribution < 1.29 is 0 Å². The standard InChI is InChI=1S/C18H19N5S.2ClH/c1-2-7-19-15(6-1)22-8-10-23(11-9-22)17-16-13-4-3-5-14(13)24-18(16)21-12-20-17;;/h1-2,6-7,12H,3-5,8-11H2;2*1H. The van der Waals surface area contributed by atoms with Crippen LogP contribution in [0.4, 0.5) is 11.6 Å². The number of hydrogen-bond donors (Lipinski definition) is 0. The normalized spacial score (nSPS) is 16.2. The number of hydrogen-bond acceptors (Lipinski definition) is 6. The maximum absolute atomic E-state index is 4.67. The molecule has 4 heterocycles. The molecule has 0 bridgehead atoms. The lowest BCUT2D eigenvalue weighted by Crippen LogP contribution is -2.47. The van der Waals surface area contributed by atoms with Gasteiger partial charge in [0, 0.05) is 37.3 Å². The summed E-state index contributed by atoms with van der Waals surface area (Å²) < 4.78 is 0. The zero-order chi connectivity index (χ0) is 15.9. The largest absolute Gasteiger partial charge is 0.353 e. The first-order chi connectivity index (χ1) is 11.9. The highest BCUT2D eigenvalue weighted by molar-refractivity contribution is 7.19. The van der Waals surface area contributed by atoms with Crippen molar-refractivity contribution in [2.45, 2.75) is 19.3 Å². The third-order valence-corrected chi connectivity index (χ3v) is 6.23. The first-order valence-corrected chi connectivity index (χ1v) is 9.38. The van der Waals surface area contributed by atoms with Crippen LogP contribution >= 0.6 is 36.2 Å². The van der Waals surface area contributed by atoms with Crippen molar-refractivity contribution in [1.29, 1.82) is 0 Å². The van der Waals surface area contributed by atoms with E-state index >= 15 is 0 Å². The lowest BCUT2D eigenvalue weighted by Gasteiger charge is -2.36. The van der Waals surface area contributed by atoms with Crippen LogP contribution in [0.3, 0.4) is 0 Å². The molecular weight excluding hydrogens is 389 g/mol. The van der Waals surface area contributed by atoms with Crippen LogP contribution in [-0.4, -0.2) is 41.1 Å². The fourth-order valence-corrected chi connectivity index (χ4v) is 5.06. The molecule has 1 fully saturated rings. The fraction of sp³-hybridized carbons (Fsp3) is 0.389. The number of piperazine rings is 1. The number of halogens is 2. The highest BCUT2D eigenvalue weighted by Gasteiger charge is 2.25. The Morgan fingerprint density at radius 1 is 0.885 bits per heavy atom. The summed E-state index contributed by atoms with van der Waals surface area (Å²) in [4.78, 5) is 21.1. The Labute approximate surface area is 169 Å². The second-order valence-corrected chi connectivity index (χ2v) is 7.48. The van der Waals surface area contributed by atoms with Gasteiger partial charge < -0.3 is 9.80 Å². The molecular formula is C18H21Cl2N5S. The first kappa shape index (κ1) is 19.1. The Morgan fingerprint density at radius 2 is 1.69 bits per heavy atom. The second-order valence-electron chi connectivity index (χ2n) is 6.40. The molecule has 1 saturated heterocycles.